The number of hydrogen-bond acceptors (Lipinski definition) is 4. The molecule has 1 heterocycles. The first-order valence-electron chi connectivity index (χ1n) is 3.50. The van der Waals surface area contributed by atoms with E-state index < -0.39 is 0 Å². The molecule has 2 N–H and O–H groups in total. The molecule has 0 unspecified atom stereocenters. The van der Waals surface area contributed by atoms with E-state index in [9.17, 15) is 4.79 Å². The van der Waals surface area contributed by atoms with Crippen molar-refractivity contribution in [2.24, 2.45) is 0 Å². The van der Waals surface area contributed by atoms with Crippen molar-refractivity contribution in [1.82, 2.24) is 15.3 Å². The van der Waals surface area contributed by atoms with Gasteiger partial charge in [-0.15, -0.1) is 0 Å². The molecule has 1 aromatic rings. The van der Waals surface area contributed by atoms with E-state index in [1.165, 1.54) is 12.4 Å². The zero-order valence-electron chi connectivity index (χ0n) is 6.96. The van der Waals surface area contributed by atoms with Crippen molar-refractivity contribution in [3.8, 4) is 0 Å². The lowest BCUT2D eigenvalue weighted by atomic mass is 10.4. The van der Waals surface area contributed by atoms with Gasteiger partial charge in [0.05, 0.1) is 0 Å². The third-order valence-electron chi connectivity index (χ3n) is 1.38. The summed E-state index contributed by atoms with van der Waals surface area (Å²) in [5.74, 6) is 0.240. The summed E-state index contributed by atoms with van der Waals surface area (Å²) >= 11 is 0. The van der Waals surface area contributed by atoms with Gasteiger partial charge in [0.15, 0.2) is 11.5 Å². The van der Waals surface area contributed by atoms with Crippen LogP contribution in [0, 0.1) is 0 Å². The van der Waals surface area contributed by atoms with Crippen LogP contribution in [0.4, 0.5) is 5.82 Å². The van der Waals surface area contributed by atoms with Crippen molar-refractivity contribution in [1.29, 1.82) is 0 Å². The van der Waals surface area contributed by atoms with Crippen molar-refractivity contribution in [2.45, 2.75) is 0 Å². The van der Waals surface area contributed by atoms with Gasteiger partial charge in [-0.1, -0.05) is 0 Å². The first kappa shape index (κ1) is 8.45. The fraction of sp³-hybridized carbons (Fsp3) is 0.286. The largest absolute Gasteiger partial charge is 0.371 e. The van der Waals surface area contributed by atoms with E-state index in [2.05, 4.69) is 20.6 Å². The molecule has 5 nitrogen and oxygen atoms in total. The van der Waals surface area contributed by atoms with Gasteiger partial charge in [0.25, 0.3) is 5.91 Å². The van der Waals surface area contributed by atoms with Crippen molar-refractivity contribution < 1.29 is 4.79 Å². The zero-order chi connectivity index (χ0) is 8.97. The minimum atomic E-state index is -0.243. The molecule has 0 saturated heterocycles. The molecule has 0 fully saturated rings. The Morgan fingerprint density at radius 2 is 2.00 bits per heavy atom. The first-order chi connectivity index (χ1) is 5.79. The van der Waals surface area contributed by atoms with Crippen LogP contribution in [0.25, 0.3) is 0 Å². The van der Waals surface area contributed by atoms with Crippen molar-refractivity contribution in [3.63, 3.8) is 0 Å². The van der Waals surface area contributed by atoms with Gasteiger partial charge in [-0.05, 0) is 0 Å². The minimum absolute atomic E-state index is 0.243. The van der Waals surface area contributed by atoms with Crippen LogP contribution in [0.1, 0.15) is 10.5 Å². The molecule has 1 rings (SSSR count). The highest BCUT2D eigenvalue weighted by atomic mass is 16.1. The van der Waals surface area contributed by atoms with Crippen LogP contribution in [0.3, 0.4) is 0 Å². The second-order valence-electron chi connectivity index (χ2n) is 2.08. The molecule has 0 atom stereocenters. The van der Waals surface area contributed by atoms with Crippen LogP contribution in [0.2, 0.25) is 0 Å². The number of carbonyl (C=O) groups excluding carboxylic acids is 1. The number of rotatable bonds is 2. The molecule has 5 heteroatoms. The van der Waals surface area contributed by atoms with E-state index in [1.807, 2.05) is 0 Å². The molecule has 1 aromatic heterocycles. The summed E-state index contributed by atoms with van der Waals surface area (Å²) in [6, 6.07) is 0. The van der Waals surface area contributed by atoms with Crippen molar-refractivity contribution in [3.05, 3.63) is 18.1 Å². The van der Waals surface area contributed by atoms with Gasteiger partial charge in [0.2, 0.25) is 0 Å². The average Bonchev–Trinajstić information content (AvgIpc) is 2.16. The van der Waals surface area contributed by atoms with Crippen LogP contribution < -0.4 is 10.6 Å². The maximum atomic E-state index is 11.1. The van der Waals surface area contributed by atoms with Gasteiger partial charge in [-0.2, -0.15) is 0 Å². The highest BCUT2D eigenvalue weighted by Crippen LogP contribution is 2.05. The highest BCUT2D eigenvalue weighted by Gasteiger charge is 2.09. The fourth-order valence-electron chi connectivity index (χ4n) is 0.806. The van der Waals surface area contributed by atoms with Gasteiger partial charge in [0, 0.05) is 26.5 Å². The first-order valence-corrected chi connectivity index (χ1v) is 3.50. The Bertz CT molecular complexity index is 286. The van der Waals surface area contributed by atoms with Crippen molar-refractivity contribution in [2.75, 3.05) is 19.4 Å². The molecular formula is C7H10N4O. The molecule has 0 aliphatic carbocycles. The Kier molecular flexibility index (Phi) is 2.57. The molecule has 0 bridgehead atoms. The van der Waals surface area contributed by atoms with Crippen LogP contribution in [-0.4, -0.2) is 30.0 Å². The lowest BCUT2D eigenvalue weighted by Crippen LogP contribution is -2.21. The van der Waals surface area contributed by atoms with Crippen LogP contribution in [0.5, 0.6) is 0 Å². The normalized spacial score (nSPS) is 9.17. The monoisotopic (exact) mass is 166 g/mol. The number of anilines is 1. The Morgan fingerprint density at radius 3 is 2.58 bits per heavy atom. The lowest BCUT2D eigenvalue weighted by Gasteiger charge is -2.03. The predicted octanol–water partition coefficient (Wildman–Crippen LogP) is -0.122. The lowest BCUT2D eigenvalue weighted by molar-refractivity contribution is 0.0958. The molecule has 0 aliphatic heterocycles. The number of hydrogen-bond donors (Lipinski definition) is 2. The van der Waals surface area contributed by atoms with Crippen LogP contribution in [-0.2, 0) is 0 Å². The summed E-state index contributed by atoms with van der Waals surface area (Å²) in [6.45, 7) is 0. The Morgan fingerprint density at radius 1 is 1.33 bits per heavy atom. The summed E-state index contributed by atoms with van der Waals surface area (Å²) in [5.41, 5.74) is 0.308. The number of aromatic nitrogens is 2. The van der Waals surface area contributed by atoms with E-state index in [-0.39, 0.29) is 5.91 Å². The number of carbonyl (C=O) groups is 1. The van der Waals surface area contributed by atoms with Crippen molar-refractivity contribution >= 4 is 11.7 Å². The van der Waals surface area contributed by atoms with Crippen LogP contribution >= 0.6 is 0 Å². The van der Waals surface area contributed by atoms with E-state index in [0.29, 0.717) is 11.5 Å². The topological polar surface area (TPSA) is 66.9 Å². The van der Waals surface area contributed by atoms with Gasteiger partial charge in [0.1, 0.15) is 0 Å². The smallest absolute Gasteiger partial charge is 0.273 e. The molecule has 64 valence electrons. The number of nitrogens with one attached hydrogen (secondary N) is 2. The van der Waals surface area contributed by atoms with Gasteiger partial charge < -0.3 is 10.6 Å². The number of amides is 1. The fourth-order valence-corrected chi connectivity index (χ4v) is 0.806. The second kappa shape index (κ2) is 3.66. The highest BCUT2D eigenvalue weighted by molar-refractivity contribution is 5.96. The summed E-state index contributed by atoms with van der Waals surface area (Å²) in [5, 5.41) is 5.25. The Balaban J connectivity index is 3.04. The second-order valence-corrected chi connectivity index (χ2v) is 2.08. The van der Waals surface area contributed by atoms with E-state index in [1.54, 1.807) is 14.1 Å². The minimum Gasteiger partial charge on any atom is -0.371 e. The van der Waals surface area contributed by atoms with Gasteiger partial charge in [-0.25, -0.2) is 9.97 Å². The maximum absolute atomic E-state index is 11.1. The van der Waals surface area contributed by atoms with Gasteiger partial charge in [-0.3, -0.25) is 4.79 Å². The van der Waals surface area contributed by atoms with E-state index >= 15 is 0 Å². The van der Waals surface area contributed by atoms with E-state index in [4.69, 9.17) is 0 Å². The quantitative estimate of drug-likeness (QED) is 0.642. The molecular weight excluding hydrogens is 156 g/mol. The SMILES string of the molecule is CNC(=O)c1nccnc1NC. The maximum Gasteiger partial charge on any atom is 0.273 e. The third kappa shape index (κ3) is 1.50. The average molecular weight is 166 g/mol. The number of nitrogens with zero attached hydrogens (tertiary/aromatic N) is 2. The Hall–Kier alpha value is -1.65. The Labute approximate surface area is 70.2 Å². The van der Waals surface area contributed by atoms with E-state index in [0.717, 1.165) is 0 Å². The third-order valence-corrected chi connectivity index (χ3v) is 1.38. The molecule has 0 radical (unpaired) electrons. The summed E-state index contributed by atoms with van der Waals surface area (Å²) in [7, 11) is 3.24. The summed E-state index contributed by atoms with van der Waals surface area (Å²) in [4.78, 5) is 19.0. The molecule has 1 amide bonds. The zero-order valence-corrected chi connectivity index (χ0v) is 6.96. The molecule has 0 saturated carbocycles. The molecule has 12 heavy (non-hydrogen) atoms. The summed E-state index contributed by atoms with van der Waals surface area (Å²) in [6.07, 6.45) is 3.00. The van der Waals surface area contributed by atoms with Gasteiger partial charge >= 0.3 is 0 Å². The summed E-state index contributed by atoms with van der Waals surface area (Å²) < 4.78 is 0. The molecule has 0 aliphatic rings. The molecule has 0 aromatic carbocycles. The molecule has 0 spiro atoms. The predicted molar refractivity (Wildman–Crippen MR) is 45.0 cm³/mol. The standard InChI is InChI=1S/C7H10N4O/c1-8-6-5(7(12)9-2)10-3-4-11-6/h3-4H,1-2H3,(H,8,11)(H,9,12). The van der Waals surface area contributed by atoms with Crippen LogP contribution in [0.15, 0.2) is 12.4 Å².